The summed E-state index contributed by atoms with van der Waals surface area (Å²) < 4.78 is 11.2. The van der Waals surface area contributed by atoms with Gasteiger partial charge in [-0.25, -0.2) is 0 Å². The van der Waals surface area contributed by atoms with Gasteiger partial charge in [0, 0.05) is 32.2 Å². The van der Waals surface area contributed by atoms with Crippen molar-refractivity contribution in [2.45, 2.75) is 39.3 Å². The Labute approximate surface area is 158 Å². The summed E-state index contributed by atoms with van der Waals surface area (Å²) in [6.07, 6.45) is 1.22. The number of guanidine groups is 1. The van der Waals surface area contributed by atoms with E-state index in [4.69, 9.17) is 9.47 Å². The molecule has 0 spiro atoms. The average molecular weight is 363 g/mol. The normalized spacial score (nSPS) is 18.9. The quantitative estimate of drug-likeness (QED) is 0.569. The maximum atomic E-state index is 5.98. The van der Waals surface area contributed by atoms with Gasteiger partial charge in [0.2, 0.25) is 0 Å². The monoisotopic (exact) mass is 362 g/mol. The minimum atomic E-state index is 0.0278. The molecule has 2 atom stereocenters. The van der Waals surface area contributed by atoms with E-state index in [2.05, 4.69) is 40.9 Å². The van der Waals surface area contributed by atoms with Crippen LogP contribution < -0.4 is 14.8 Å². The van der Waals surface area contributed by atoms with Crippen molar-refractivity contribution in [2.24, 2.45) is 4.99 Å². The molecule has 1 aromatic carbocycles. The number of ether oxygens (including phenoxy) is 2. The zero-order chi connectivity index (χ0) is 18.9. The SMILES string of the molecule is CCN(CC)C1CCN(C(=NC)NCC(C)Oc2cccc(OC)c2)C1. The Morgan fingerprint density at radius 2 is 2.08 bits per heavy atom. The van der Waals surface area contributed by atoms with Crippen molar-refractivity contribution in [3.8, 4) is 11.5 Å². The second-order valence-electron chi connectivity index (χ2n) is 6.65. The summed E-state index contributed by atoms with van der Waals surface area (Å²) in [5, 5.41) is 3.46. The highest BCUT2D eigenvalue weighted by Gasteiger charge is 2.28. The molecule has 1 fully saturated rings. The zero-order valence-corrected chi connectivity index (χ0v) is 16.9. The smallest absolute Gasteiger partial charge is 0.193 e. The molecule has 6 nitrogen and oxygen atoms in total. The second-order valence-corrected chi connectivity index (χ2v) is 6.65. The molecule has 0 aliphatic carbocycles. The first-order valence-electron chi connectivity index (χ1n) is 9.61. The molecule has 0 amide bonds. The lowest BCUT2D eigenvalue weighted by Gasteiger charge is -2.27. The van der Waals surface area contributed by atoms with Crippen LogP contribution >= 0.6 is 0 Å². The number of benzene rings is 1. The highest BCUT2D eigenvalue weighted by molar-refractivity contribution is 5.80. The van der Waals surface area contributed by atoms with Gasteiger partial charge in [0.05, 0.1) is 13.7 Å². The molecule has 0 radical (unpaired) electrons. The molecule has 1 aliphatic heterocycles. The largest absolute Gasteiger partial charge is 0.497 e. The number of likely N-dealkylation sites (tertiary alicyclic amines) is 1. The second kappa shape index (κ2) is 10.3. The first-order chi connectivity index (χ1) is 12.6. The number of nitrogens with zero attached hydrogens (tertiary/aromatic N) is 3. The van der Waals surface area contributed by atoms with Gasteiger partial charge in [-0.3, -0.25) is 9.89 Å². The minimum Gasteiger partial charge on any atom is -0.497 e. The van der Waals surface area contributed by atoms with E-state index < -0.39 is 0 Å². The molecular weight excluding hydrogens is 328 g/mol. The van der Waals surface area contributed by atoms with Gasteiger partial charge in [-0.2, -0.15) is 0 Å². The first kappa shape index (κ1) is 20.4. The fourth-order valence-corrected chi connectivity index (χ4v) is 3.49. The number of methoxy groups -OCH3 is 1. The summed E-state index contributed by atoms with van der Waals surface area (Å²) in [6, 6.07) is 8.32. The van der Waals surface area contributed by atoms with Crippen molar-refractivity contribution in [3.05, 3.63) is 24.3 Å². The van der Waals surface area contributed by atoms with Gasteiger partial charge in [0.25, 0.3) is 0 Å². The summed E-state index contributed by atoms with van der Waals surface area (Å²) in [5.74, 6) is 2.58. The Morgan fingerprint density at radius 1 is 1.35 bits per heavy atom. The van der Waals surface area contributed by atoms with Gasteiger partial charge in [-0.05, 0) is 38.6 Å². The molecule has 146 valence electrons. The molecule has 2 unspecified atom stereocenters. The molecule has 26 heavy (non-hydrogen) atoms. The van der Waals surface area contributed by atoms with Crippen LogP contribution in [0.1, 0.15) is 27.2 Å². The van der Waals surface area contributed by atoms with E-state index >= 15 is 0 Å². The van der Waals surface area contributed by atoms with E-state index in [0.717, 1.165) is 43.6 Å². The number of nitrogens with one attached hydrogen (secondary N) is 1. The molecule has 1 heterocycles. The van der Waals surface area contributed by atoms with Gasteiger partial charge >= 0.3 is 0 Å². The summed E-state index contributed by atoms with van der Waals surface area (Å²) in [6.45, 7) is 11.5. The van der Waals surface area contributed by atoms with E-state index in [-0.39, 0.29) is 6.10 Å². The molecule has 1 saturated heterocycles. The molecule has 1 N–H and O–H groups in total. The Balaban J connectivity index is 1.83. The summed E-state index contributed by atoms with van der Waals surface area (Å²) >= 11 is 0. The van der Waals surface area contributed by atoms with Crippen molar-refractivity contribution in [1.82, 2.24) is 15.1 Å². The number of hydrogen-bond acceptors (Lipinski definition) is 4. The first-order valence-corrected chi connectivity index (χ1v) is 9.61. The van der Waals surface area contributed by atoms with Crippen molar-refractivity contribution in [3.63, 3.8) is 0 Å². The summed E-state index contributed by atoms with van der Waals surface area (Å²) in [5.41, 5.74) is 0. The van der Waals surface area contributed by atoms with Crippen LogP contribution in [-0.2, 0) is 0 Å². The van der Waals surface area contributed by atoms with Gasteiger partial charge in [0.15, 0.2) is 5.96 Å². The molecule has 0 saturated carbocycles. The van der Waals surface area contributed by atoms with Crippen molar-refractivity contribution < 1.29 is 9.47 Å². The molecule has 1 aliphatic rings. The third-order valence-electron chi connectivity index (χ3n) is 4.93. The van der Waals surface area contributed by atoms with Crippen LogP contribution in [-0.4, -0.2) is 74.8 Å². The molecule has 6 heteroatoms. The topological polar surface area (TPSA) is 49.3 Å². The average Bonchev–Trinajstić information content (AvgIpc) is 3.13. The van der Waals surface area contributed by atoms with Gasteiger partial charge in [-0.15, -0.1) is 0 Å². The minimum absolute atomic E-state index is 0.0278. The lowest BCUT2D eigenvalue weighted by atomic mass is 10.2. The van der Waals surface area contributed by atoms with E-state index in [9.17, 15) is 0 Å². The van der Waals surface area contributed by atoms with Crippen molar-refractivity contribution >= 4 is 5.96 Å². The molecular formula is C20H34N4O2. The van der Waals surface area contributed by atoms with Crippen LogP contribution in [0.15, 0.2) is 29.3 Å². The van der Waals surface area contributed by atoms with Gasteiger partial charge in [0.1, 0.15) is 17.6 Å². The highest BCUT2D eigenvalue weighted by atomic mass is 16.5. The third kappa shape index (κ3) is 5.53. The number of likely N-dealkylation sites (N-methyl/N-ethyl adjacent to an activating group) is 1. The number of rotatable bonds is 8. The van der Waals surface area contributed by atoms with Crippen LogP contribution in [0.25, 0.3) is 0 Å². The molecule has 2 rings (SSSR count). The lowest BCUT2D eigenvalue weighted by Crippen LogP contribution is -2.45. The Morgan fingerprint density at radius 3 is 2.73 bits per heavy atom. The maximum absolute atomic E-state index is 5.98. The van der Waals surface area contributed by atoms with E-state index in [1.165, 1.54) is 6.42 Å². The molecule has 0 aromatic heterocycles. The third-order valence-corrected chi connectivity index (χ3v) is 4.93. The highest BCUT2D eigenvalue weighted by Crippen LogP contribution is 2.20. The van der Waals surface area contributed by atoms with Crippen molar-refractivity contribution in [2.75, 3.05) is 46.9 Å². The van der Waals surface area contributed by atoms with Crippen LogP contribution in [0.3, 0.4) is 0 Å². The fourth-order valence-electron chi connectivity index (χ4n) is 3.49. The number of hydrogen-bond donors (Lipinski definition) is 1. The standard InChI is InChI=1S/C20H34N4O2/c1-6-23(7-2)17-11-12-24(15-17)20(21-4)22-14-16(3)26-19-10-8-9-18(13-19)25-5/h8-10,13,16-17H,6-7,11-12,14-15H2,1-5H3,(H,21,22). The summed E-state index contributed by atoms with van der Waals surface area (Å²) in [7, 11) is 3.51. The van der Waals surface area contributed by atoms with Crippen molar-refractivity contribution in [1.29, 1.82) is 0 Å². The predicted octanol–water partition coefficient (Wildman–Crippen LogP) is 2.45. The zero-order valence-electron chi connectivity index (χ0n) is 16.9. The van der Waals surface area contributed by atoms with E-state index in [1.807, 2.05) is 31.3 Å². The van der Waals surface area contributed by atoms with E-state index in [1.54, 1.807) is 7.11 Å². The van der Waals surface area contributed by atoms with Gasteiger partial charge < -0.3 is 19.7 Å². The lowest BCUT2D eigenvalue weighted by molar-refractivity contribution is 0.217. The van der Waals surface area contributed by atoms with Crippen LogP contribution in [0, 0.1) is 0 Å². The Hall–Kier alpha value is -1.95. The van der Waals surface area contributed by atoms with Crippen LogP contribution in [0.5, 0.6) is 11.5 Å². The molecule has 1 aromatic rings. The Kier molecular flexibility index (Phi) is 8.04. The van der Waals surface area contributed by atoms with E-state index in [0.29, 0.717) is 12.6 Å². The number of aliphatic imine (C=N–C) groups is 1. The Bertz CT molecular complexity index is 575. The fraction of sp³-hybridized carbons (Fsp3) is 0.650. The van der Waals surface area contributed by atoms with Gasteiger partial charge in [-0.1, -0.05) is 19.9 Å². The van der Waals surface area contributed by atoms with Crippen LogP contribution in [0.2, 0.25) is 0 Å². The summed E-state index contributed by atoms with van der Waals surface area (Å²) in [4.78, 5) is 9.34. The predicted molar refractivity (Wildman–Crippen MR) is 107 cm³/mol. The van der Waals surface area contributed by atoms with Crippen LogP contribution in [0.4, 0.5) is 0 Å². The molecule has 0 bridgehead atoms. The maximum Gasteiger partial charge on any atom is 0.193 e.